The van der Waals surface area contributed by atoms with Crippen molar-refractivity contribution >= 4 is 41.5 Å². The number of guanidine groups is 1. The normalized spacial score (nSPS) is 11.0. The zero-order valence-electron chi connectivity index (χ0n) is 16.4. The number of aliphatic imine (C=N–C) groups is 1. The van der Waals surface area contributed by atoms with Crippen LogP contribution in [0, 0.1) is 0 Å². The zero-order valence-corrected chi connectivity index (χ0v) is 19.5. The summed E-state index contributed by atoms with van der Waals surface area (Å²) in [5.41, 5.74) is 1.99. The van der Waals surface area contributed by atoms with Crippen molar-refractivity contribution in [2.45, 2.75) is 13.1 Å². The van der Waals surface area contributed by atoms with Gasteiger partial charge in [-0.2, -0.15) is 4.98 Å². The molecule has 0 fully saturated rings. The summed E-state index contributed by atoms with van der Waals surface area (Å²) in [6.07, 6.45) is 0. The molecule has 154 valence electrons. The molecule has 0 radical (unpaired) electrons. The van der Waals surface area contributed by atoms with E-state index in [1.165, 1.54) is 0 Å². The van der Waals surface area contributed by atoms with Gasteiger partial charge in [-0.1, -0.05) is 28.9 Å². The number of ether oxygens (including phenoxy) is 1. The van der Waals surface area contributed by atoms with Crippen molar-refractivity contribution in [2.24, 2.45) is 4.99 Å². The number of halogens is 2. The lowest BCUT2D eigenvalue weighted by Gasteiger charge is -2.21. The van der Waals surface area contributed by atoms with Gasteiger partial charge in [-0.05, 0) is 42.0 Å². The molecule has 0 unspecified atom stereocenters. The molecule has 1 heterocycles. The van der Waals surface area contributed by atoms with Gasteiger partial charge in [0.25, 0.3) is 0 Å². The topological polar surface area (TPSA) is 75.8 Å². The van der Waals surface area contributed by atoms with Crippen LogP contribution in [0.2, 0.25) is 5.02 Å². The average Bonchev–Trinajstić information content (AvgIpc) is 3.18. The summed E-state index contributed by atoms with van der Waals surface area (Å²) in [5, 5.41) is 7.91. The Kier molecular flexibility index (Phi) is 8.71. The molecule has 0 bridgehead atoms. The maximum atomic E-state index is 5.91. The van der Waals surface area contributed by atoms with E-state index in [1.807, 2.05) is 48.3 Å². The minimum Gasteiger partial charge on any atom is -0.497 e. The smallest absolute Gasteiger partial charge is 0.246 e. The van der Waals surface area contributed by atoms with Crippen LogP contribution in [0.5, 0.6) is 5.75 Å². The second-order valence-corrected chi connectivity index (χ2v) is 6.56. The predicted molar refractivity (Wildman–Crippen MR) is 125 cm³/mol. The fraction of sp³-hybridized carbons (Fsp3) is 0.250. The molecule has 0 saturated carbocycles. The van der Waals surface area contributed by atoms with Crippen LogP contribution in [0.4, 0.5) is 0 Å². The average molecular weight is 528 g/mol. The van der Waals surface area contributed by atoms with Crippen LogP contribution >= 0.6 is 35.6 Å². The number of hydrogen-bond donors (Lipinski definition) is 1. The SMILES string of the molecule is CN=C(NCc1nc(-c2ccc(Cl)cc2)no1)N(C)Cc1ccc(OC)cc1.I. The quantitative estimate of drug-likeness (QED) is 0.294. The highest BCUT2D eigenvalue weighted by atomic mass is 127. The monoisotopic (exact) mass is 527 g/mol. The van der Waals surface area contributed by atoms with Gasteiger partial charge in [0, 0.05) is 31.2 Å². The summed E-state index contributed by atoms with van der Waals surface area (Å²) in [5.74, 6) is 2.56. The van der Waals surface area contributed by atoms with Gasteiger partial charge in [-0.25, -0.2) is 0 Å². The molecule has 0 spiro atoms. The fourth-order valence-corrected chi connectivity index (χ4v) is 2.79. The number of rotatable bonds is 6. The van der Waals surface area contributed by atoms with Crippen molar-refractivity contribution < 1.29 is 9.26 Å². The Morgan fingerprint density at radius 3 is 2.48 bits per heavy atom. The van der Waals surface area contributed by atoms with E-state index in [9.17, 15) is 0 Å². The molecule has 9 heteroatoms. The van der Waals surface area contributed by atoms with Gasteiger partial charge in [0.2, 0.25) is 11.7 Å². The van der Waals surface area contributed by atoms with E-state index in [0.29, 0.717) is 29.8 Å². The molecule has 0 amide bonds. The number of nitrogens with zero attached hydrogens (tertiary/aromatic N) is 4. The highest BCUT2D eigenvalue weighted by Crippen LogP contribution is 2.18. The second-order valence-electron chi connectivity index (χ2n) is 6.12. The van der Waals surface area contributed by atoms with Crippen molar-refractivity contribution in [3.8, 4) is 17.1 Å². The minimum atomic E-state index is 0. The largest absolute Gasteiger partial charge is 0.497 e. The number of methoxy groups -OCH3 is 1. The fourth-order valence-electron chi connectivity index (χ4n) is 2.66. The Morgan fingerprint density at radius 1 is 1.17 bits per heavy atom. The molecule has 0 aliphatic rings. The molecular weight excluding hydrogens is 505 g/mol. The summed E-state index contributed by atoms with van der Waals surface area (Å²) in [7, 11) is 5.36. The first-order valence-electron chi connectivity index (χ1n) is 8.72. The first-order valence-corrected chi connectivity index (χ1v) is 9.10. The lowest BCUT2D eigenvalue weighted by molar-refractivity contribution is 0.371. The Hall–Kier alpha value is -2.33. The Labute approximate surface area is 192 Å². The van der Waals surface area contributed by atoms with Crippen LogP contribution in [0.1, 0.15) is 11.5 Å². The number of aromatic nitrogens is 2. The van der Waals surface area contributed by atoms with Crippen LogP contribution in [0.15, 0.2) is 58.0 Å². The van der Waals surface area contributed by atoms with Gasteiger partial charge in [0.15, 0.2) is 5.96 Å². The van der Waals surface area contributed by atoms with E-state index in [2.05, 4.69) is 20.4 Å². The maximum Gasteiger partial charge on any atom is 0.246 e. The van der Waals surface area contributed by atoms with Crippen molar-refractivity contribution in [1.82, 2.24) is 20.4 Å². The van der Waals surface area contributed by atoms with Crippen LogP contribution in [-0.4, -0.2) is 42.2 Å². The lowest BCUT2D eigenvalue weighted by Crippen LogP contribution is -2.38. The summed E-state index contributed by atoms with van der Waals surface area (Å²) in [4.78, 5) is 10.7. The van der Waals surface area contributed by atoms with Gasteiger partial charge in [-0.3, -0.25) is 4.99 Å². The molecule has 1 N–H and O–H groups in total. The highest BCUT2D eigenvalue weighted by Gasteiger charge is 2.11. The van der Waals surface area contributed by atoms with Crippen molar-refractivity contribution in [2.75, 3.05) is 21.2 Å². The molecule has 1 aromatic heterocycles. The third kappa shape index (κ3) is 6.33. The van der Waals surface area contributed by atoms with Crippen LogP contribution in [0.3, 0.4) is 0 Å². The van der Waals surface area contributed by atoms with Crippen LogP contribution in [0.25, 0.3) is 11.4 Å². The third-order valence-electron chi connectivity index (χ3n) is 4.12. The van der Waals surface area contributed by atoms with Crippen molar-refractivity contribution in [3.05, 3.63) is 65.0 Å². The molecule has 0 aliphatic heterocycles. The molecule has 0 aliphatic carbocycles. The molecular formula is C20H23ClIN5O2. The van der Waals surface area contributed by atoms with Gasteiger partial charge in [0.05, 0.1) is 13.7 Å². The molecule has 0 atom stereocenters. The van der Waals surface area contributed by atoms with E-state index in [-0.39, 0.29) is 24.0 Å². The third-order valence-corrected chi connectivity index (χ3v) is 4.37. The van der Waals surface area contributed by atoms with Crippen molar-refractivity contribution in [1.29, 1.82) is 0 Å². The van der Waals surface area contributed by atoms with E-state index in [4.69, 9.17) is 20.9 Å². The first-order chi connectivity index (χ1) is 13.6. The summed E-state index contributed by atoms with van der Waals surface area (Å²) in [6.45, 7) is 1.07. The first kappa shape index (κ1) is 23.0. The lowest BCUT2D eigenvalue weighted by atomic mass is 10.2. The molecule has 29 heavy (non-hydrogen) atoms. The molecule has 0 saturated heterocycles. The number of benzene rings is 2. The van der Waals surface area contributed by atoms with Gasteiger partial charge < -0.3 is 19.5 Å². The maximum absolute atomic E-state index is 5.91. The minimum absolute atomic E-state index is 0. The van der Waals surface area contributed by atoms with Crippen LogP contribution < -0.4 is 10.1 Å². The Bertz CT molecular complexity index is 929. The number of nitrogens with one attached hydrogen (secondary N) is 1. The standard InChI is InChI=1S/C20H22ClN5O2.HI/c1-22-20(26(2)13-14-4-10-17(27-3)11-5-14)23-12-18-24-19(25-28-18)15-6-8-16(21)9-7-15;/h4-11H,12-13H2,1-3H3,(H,22,23);1H. The Morgan fingerprint density at radius 2 is 1.86 bits per heavy atom. The van der Waals surface area contributed by atoms with Gasteiger partial charge in [-0.15, -0.1) is 24.0 Å². The highest BCUT2D eigenvalue weighted by molar-refractivity contribution is 14.0. The van der Waals surface area contributed by atoms with Crippen molar-refractivity contribution in [3.63, 3.8) is 0 Å². The van der Waals surface area contributed by atoms with E-state index >= 15 is 0 Å². The summed E-state index contributed by atoms with van der Waals surface area (Å²) >= 11 is 5.91. The Balaban J connectivity index is 0.00000300. The molecule has 3 rings (SSSR count). The number of hydrogen-bond acceptors (Lipinski definition) is 5. The van der Waals surface area contributed by atoms with Crippen LogP contribution in [-0.2, 0) is 13.1 Å². The summed E-state index contributed by atoms with van der Waals surface area (Å²) < 4.78 is 10.5. The molecule has 2 aromatic carbocycles. The van der Waals surface area contributed by atoms with E-state index < -0.39 is 0 Å². The molecule has 3 aromatic rings. The summed E-state index contributed by atoms with van der Waals surface area (Å²) in [6, 6.07) is 15.2. The second kappa shape index (κ2) is 11.0. The molecule has 7 nitrogen and oxygen atoms in total. The van der Waals surface area contributed by atoms with E-state index in [1.54, 1.807) is 26.3 Å². The van der Waals surface area contributed by atoms with Gasteiger partial charge >= 0.3 is 0 Å². The predicted octanol–water partition coefficient (Wildman–Crippen LogP) is 4.22. The zero-order chi connectivity index (χ0) is 19.9. The van der Waals surface area contributed by atoms with E-state index in [0.717, 1.165) is 22.8 Å². The van der Waals surface area contributed by atoms with Gasteiger partial charge in [0.1, 0.15) is 5.75 Å².